The van der Waals surface area contributed by atoms with E-state index in [1.54, 1.807) is 7.05 Å². The van der Waals surface area contributed by atoms with Gasteiger partial charge < -0.3 is 5.32 Å². The predicted molar refractivity (Wildman–Crippen MR) is 67.9 cm³/mol. The highest BCUT2D eigenvalue weighted by Gasteiger charge is 2.35. The second-order valence-corrected chi connectivity index (χ2v) is 4.57. The first-order valence-electron chi connectivity index (χ1n) is 6.19. The van der Waals surface area contributed by atoms with E-state index in [0.29, 0.717) is 5.82 Å². The summed E-state index contributed by atoms with van der Waals surface area (Å²) in [4.78, 5) is 3.98. The van der Waals surface area contributed by atoms with Gasteiger partial charge in [-0.2, -0.15) is 18.3 Å². The van der Waals surface area contributed by atoms with Crippen molar-refractivity contribution in [3.63, 3.8) is 0 Å². The topological polar surface area (TPSA) is 42.7 Å². The molecule has 8 heteroatoms. The molecule has 0 saturated heterocycles. The number of hydrogen-bond donors (Lipinski definition) is 1. The van der Waals surface area contributed by atoms with E-state index < -0.39 is 23.6 Å². The quantitative estimate of drug-likeness (QED) is 0.882. The van der Waals surface area contributed by atoms with Crippen molar-refractivity contribution in [2.24, 2.45) is 7.05 Å². The zero-order valence-corrected chi connectivity index (χ0v) is 11.4. The number of benzene rings is 1. The number of nitrogens with one attached hydrogen (secondary N) is 1. The first kappa shape index (κ1) is 15.4. The van der Waals surface area contributed by atoms with Crippen LogP contribution < -0.4 is 5.32 Å². The first-order chi connectivity index (χ1) is 9.82. The average Bonchev–Trinajstić information content (AvgIpc) is 2.79. The van der Waals surface area contributed by atoms with E-state index in [9.17, 15) is 17.6 Å². The maximum atomic E-state index is 13.4. The molecule has 1 N–H and O–H groups in total. The van der Waals surface area contributed by atoms with E-state index in [-0.39, 0.29) is 12.0 Å². The molecule has 1 unspecified atom stereocenters. The molecule has 1 aromatic heterocycles. The molecule has 4 nitrogen and oxygen atoms in total. The van der Waals surface area contributed by atoms with Gasteiger partial charge in [0.1, 0.15) is 18.0 Å². The van der Waals surface area contributed by atoms with Crippen molar-refractivity contribution in [1.29, 1.82) is 0 Å². The Kier molecular flexibility index (Phi) is 4.26. The van der Waals surface area contributed by atoms with Crippen molar-refractivity contribution in [1.82, 2.24) is 20.1 Å². The van der Waals surface area contributed by atoms with Crippen LogP contribution in [0.4, 0.5) is 17.6 Å². The highest BCUT2D eigenvalue weighted by atomic mass is 19.4. The molecule has 0 spiro atoms. The summed E-state index contributed by atoms with van der Waals surface area (Å²) in [5, 5.41) is 6.64. The minimum atomic E-state index is -4.54. The van der Waals surface area contributed by atoms with Crippen LogP contribution in [-0.4, -0.2) is 21.8 Å². The fraction of sp³-hybridized carbons (Fsp3) is 0.385. The molecule has 0 saturated carbocycles. The standard InChI is InChI=1S/C13H14F4N4/c1-18-11(6-12-19-7-20-21(12)2)9-5-8(14)3-4-10(9)13(15,16)17/h3-5,7,11,18H,6H2,1-2H3. The Morgan fingerprint density at radius 1 is 1.33 bits per heavy atom. The van der Waals surface area contributed by atoms with Crippen molar-refractivity contribution in [2.75, 3.05) is 7.05 Å². The van der Waals surface area contributed by atoms with Gasteiger partial charge in [-0.1, -0.05) is 0 Å². The Morgan fingerprint density at radius 3 is 2.57 bits per heavy atom. The summed E-state index contributed by atoms with van der Waals surface area (Å²) in [6.45, 7) is 0. The number of nitrogens with zero attached hydrogens (tertiary/aromatic N) is 3. The summed E-state index contributed by atoms with van der Waals surface area (Å²) >= 11 is 0. The smallest absolute Gasteiger partial charge is 0.313 e. The van der Waals surface area contributed by atoms with Crippen LogP contribution in [0.1, 0.15) is 23.0 Å². The zero-order valence-electron chi connectivity index (χ0n) is 11.4. The lowest BCUT2D eigenvalue weighted by atomic mass is 9.97. The minimum absolute atomic E-state index is 0.145. The maximum Gasteiger partial charge on any atom is 0.416 e. The lowest BCUT2D eigenvalue weighted by Gasteiger charge is -2.21. The zero-order chi connectivity index (χ0) is 15.6. The van der Waals surface area contributed by atoms with Gasteiger partial charge >= 0.3 is 6.18 Å². The summed E-state index contributed by atoms with van der Waals surface area (Å²) in [5.41, 5.74) is -1.00. The van der Waals surface area contributed by atoms with Gasteiger partial charge in [0, 0.05) is 19.5 Å². The molecule has 0 aliphatic rings. The van der Waals surface area contributed by atoms with E-state index in [0.717, 1.165) is 18.2 Å². The van der Waals surface area contributed by atoms with Gasteiger partial charge in [-0.15, -0.1) is 0 Å². The summed E-state index contributed by atoms with van der Waals surface area (Å²) in [5.74, 6) is -0.206. The Hall–Kier alpha value is -1.96. The van der Waals surface area contributed by atoms with Gasteiger partial charge in [-0.05, 0) is 30.8 Å². The van der Waals surface area contributed by atoms with Gasteiger partial charge in [0.2, 0.25) is 0 Å². The third-order valence-corrected chi connectivity index (χ3v) is 3.23. The van der Waals surface area contributed by atoms with E-state index in [2.05, 4.69) is 15.4 Å². The maximum absolute atomic E-state index is 13.4. The van der Waals surface area contributed by atoms with Crippen LogP contribution in [0.2, 0.25) is 0 Å². The van der Waals surface area contributed by atoms with E-state index in [4.69, 9.17) is 0 Å². The van der Waals surface area contributed by atoms with Crippen LogP contribution in [-0.2, 0) is 19.6 Å². The van der Waals surface area contributed by atoms with Gasteiger partial charge in [-0.3, -0.25) is 4.68 Å². The van der Waals surface area contributed by atoms with Crippen LogP contribution in [0, 0.1) is 5.82 Å². The molecule has 0 bridgehead atoms. The van der Waals surface area contributed by atoms with Crippen molar-refractivity contribution < 1.29 is 17.6 Å². The molecule has 0 aliphatic heterocycles. The fourth-order valence-corrected chi connectivity index (χ4v) is 2.14. The summed E-state index contributed by atoms with van der Waals surface area (Å²) in [7, 11) is 3.16. The van der Waals surface area contributed by atoms with Crippen molar-refractivity contribution in [3.8, 4) is 0 Å². The average molecular weight is 302 g/mol. The number of rotatable bonds is 4. The van der Waals surface area contributed by atoms with Crippen LogP contribution in [0.3, 0.4) is 0 Å². The van der Waals surface area contributed by atoms with Crippen LogP contribution in [0.15, 0.2) is 24.5 Å². The Balaban J connectivity index is 2.42. The molecular formula is C13H14F4N4. The normalized spacial score (nSPS) is 13.4. The molecule has 1 aromatic carbocycles. The largest absolute Gasteiger partial charge is 0.416 e. The van der Waals surface area contributed by atoms with Gasteiger partial charge in [0.05, 0.1) is 5.56 Å². The number of likely N-dealkylation sites (N-methyl/N-ethyl adjacent to an activating group) is 1. The van der Waals surface area contributed by atoms with E-state index in [1.807, 2.05) is 0 Å². The monoisotopic (exact) mass is 302 g/mol. The van der Waals surface area contributed by atoms with Gasteiger partial charge in [-0.25, -0.2) is 9.37 Å². The van der Waals surface area contributed by atoms with Crippen LogP contribution >= 0.6 is 0 Å². The molecule has 0 amide bonds. The lowest BCUT2D eigenvalue weighted by molar-refractivity contribution is -0.138. The second kappa shape index (κ2) is 5.80. The third kappa shape index (κ3) is 3.38. The predicted octanol–water partition coefficient (Wildman–Crippen LogP) is 2.48. The molecule has 0 fully saturated rings. The molecule has 0 radical (unpaired) electrons. The third-order valence-electron chi connectivity index (χ3n) is 3.23. The van der Waals surface area contributed by atoms with Crippen molar-refractivity contribution in [3.05, 3.63) is 47.3 Å². The Bertz CT molecular complexity index is 621. The number of alkyl halides is 3. The highest BCUT2D eigenvalue weighted by Crippen LogP contribution is 2.35. The van der Waals surface area contributed by atoms with E-state index in [1.165, 1.54) is 18.1 Å². The van der Waals surface area contributed by atoms with Crippen LogP contribution in [0.25, 0.3) is 0 Å². The molecule has 2 rings (SSSR count). The SMILES string of the molecule is CNC(Cc1ncnn1C)c1cc(F)ccc1C(F)(F)F. The number of halogens is 4. The van der Waals surface area contributed by atoms with Gasteiger partial charge in [0.25, 0.3) is 0 Å². The number of hydrogen-bond acceptors (Lipinski definition) is 3. The van der Waals surface area contributed by atoms with Gasteiger partial charge in [0.15, 0.2) is 0 Å². The molecular weight excluding hydrogens is 288 g/mol. The Labute approximate surface area is 118 Å². The first-order valence-corrected chi connectivity index (χ1v) is 6.19. The van der Waals surface area contributed by atoms with Crippen molar-refractivity contribution in [2.45, 2.75) is 18.6 Å². The number of aromatic nitrogens is 3. The molecule has 2 aromatic rings. The molecule has 1 heterocycles. The molecule has 1 atom stereocenters. The van der Waals surface area contributed by atoms with Crippen molar-refractivity contribution >= 4 is 0 Å². The lowest BCUT2D eigenvalue weighted by Crippen LogP contribution is -2.24. The number of aryl methyl sites for hydroxylation is 1. The fourth-order valence-electron chi connectivity index (χ4n) is 2.14. The summed E-state index contributed by atoms with van der Waals surface area (Å²) in [6, 6.07) is 1.74. The molecule has 0 aliphatic carbocycles. The molecule has 114 valence electrons. The summed E-state index contributed by atoms with van der Waals surface area (Å²) < 4.78 is 54.0. The summed E-state index contributed by atoms with van der Waals surface area (Å²) in [6.07, 6.45) is -3.06. The minimum Gasteiger partial charge on any atom is -0.313 e. The Morgan fingerprint density at radius 2 is 2.05 bits per heavy atom. The highest BCUT2D eigenvalue weighted by molar-refractivity contribution is 5.33. The second-order valence-electron chi connectivity index (χ2n) is 4.57. The van der Waals surface area contributed by atoms with Crippen LogP contribution in [0.5, 0.6) is 0 Å². The van der Waals surface area contributed by atoms with E-state index >= 15 is 0 Å². The molecule has 21 heavy (non-hydrogen) atoms.